The third-order valence-corrected chi connectivity index (χ3v) is 6.61. The summed E-state index contributed by atoms with van der Waals surface area (Å²) in [6, 6.07) is 17.8. The molecule has 0 saturated carbocycles. The normalized spacial score (nSPS) is 15.3. The number of methoxy groups -OCH3 is 1. The molecule has 5 nitrogen and oxygen atoms in total. The van der Waals surface area contributed by atoms with Gasteiger partial charge in [0.25, 0.3) is 11.1 Å². The van der Waals surface area contributed by atoms with Gasteiger partial charge in [0.2, 0.25) is 0 Å². The topological polar surface area (TPSA) is 55.8 Å². The minimum absolute atomic E-state index is 0.181. The van der Waals surface area contributed by atoms with E-state index in [2.05, 4.69) is 34.1 Å². The molecule has 1 aliphatic heterocycles. The number of carbonyl (C=O) groups excluding carboxylic acids is 2. The van der Waals surface area contributed by atoms with Gasteiger partial charge in [0.05, 0.1) is 16.5 Å². The van der Waals surface area contributed by atoms with Crippen molar-refractivity contribution in [1.82, 2.24) is 4.90 Å². The Balaban J connectivity index is 1.60. The lowest BCUT2D eigenvalue weighted by molar-refractivity contribution is -0.123. The first-order chi connectivity index (χ1) is 15.4. The Hall–Kier alpha value is -2.77. The third kappa shape index (κ3) is 4.40. The van der Waals surface area contributed by atoms with E-state index in [1.54, 1.807) is 19.3 Å². The van der Waals surface area contributed by atoms with E-state index in [4.69, 9.17) is 9.47 Å². The molecule has 164 valence electrons. The summed E-state index contributed by atoms with van der Waals surface area (Å²) in [4.78, 5) is 26.4. The summed E-state index contributed by atoms with van der Waals surface area (Å²) in [5.41, 5.74) is 1.81. The van der Waals surface area contributed by atoms with Crippen LogP contribution in [0.25, 0.3) is 16.8 Å². The molecule has 1 saturated heterocycles. The number of amides is 2. The van der Waals surface area contributed by atoms with Crippen molar-refractivity contribution in [3.8, 4) is 11.5 Å². The molecular weight excluding hydrogens is 490 g/mol. The maximum Gasteiger partial charge on any atom is 0.293 e. The molecule has 0 bridgehead atoms. The predicted octanol–water partition coefficient (Wildman–Crippen LogP) is 6.63. The highest BCUT2D eigenvalue weighted by atomic mass is 79.9. The summed E-state index contributed by atoms with van der Waals surface area (Å²) in [5.74, 6) is 0.836. The molecule has 2 amide bonds. The molecule has 0 N–H and O–H groups in total. The minimum atomic E-state index is -0.277. The lowest BCUT2D eigenvalue weighted by Crippen LogP contribution is -2.34. The first kappa shape index (κ1) is 22.4. The van der Waals surface area contributed by atoms with Gasteiger partial charge in [-0.15, -0.1) is 0 Å². The maximum atomic E-state index is 12.6. The molecule has 0 aliphatic carbocycles. The fourth-order valence-electron chi connectivity index (χ4n) is 3.61. The Morgan fingerprint density at radius 2 is 1.84 bits per heavy atom. The van der Waals surface area contributed by atoms with Gasteiger partial charge >= 0.3 is 0 Å². The van der Waals surface area contributed by atoms with Crippen molar-refractivity contribution in [3.05, 3.63) is 75.1 Å². The highest BCUT2D eigenvalue weighted by molar-refractivity contribution is 9.10. The number of fused-ring (bicyclic) bond motifs is 1. The van der Waals surface area contributed by atoms with E-state index in [0.717, 1.165) is 33.7 Å². The Labute approximate surface area is 199 Å². The number of hydrogen-bond acceptors (Lipinski definition) is 5. The number of thioether (sulfide) groups is 1. The van der Waals surface area contributed by atoms with Crippen molar-refractivity contribution in [2.24, 2.45) is 0 Å². The van der Waals surface area contributed by atoms with Gasteiger partial charge in [0, 0.05) is 6.04 Å². The van der Waals surface area contributed by atoms with Crippen LogP contribution in [0, 0.1) is 0 Å². The summed E-state index contributed by atoms with van der Waals surface area (Å²) in [5, 5.41) is 2.05. The number of ether oxygens (including phenoxy) is 2. The van der Waals surface area contributed by atoms with E-state index in [-0.39, 0.29) is 17.2 Å². The van der Waals surface area contributed by atoms with Crippen molar-refractivity contribution >= 4 is 55.7 Å². The van der Waals surface area contributed by atoms with Gasteiger partial charge < -0.3 is 9.47 Å². The lowest BCUT2D eigenvalue weighted by Gasteiger charge is -2.16. The van der Waals surface area contributed by atoms with Crippen LogP contribution in [0.4, 0.5) is 4.79 Å². The molecule has 1 aliphatic rings. The molecule has 0 unspecified atom stereocenters. The molecule has 1 heterocycles. The van der Waals surface area contributed by atoms with Gasteiger partial charge in [0.15, 0.2) is 11.5 Å². The molecule has 3 aromatic rings. The molecule has 0 aromatic heterocycles. The number of benzene rings is 3. The van der Waals surface area contributed by atoms with Gasteiger partial charge in [0.1, 0.15) is 6.61 Å². The zero-order chi connectivity index (χ0) is 22.8. The predicted molar refractivity (Wildman–Crippen MR) is 132 cm³/mol. The van der Waals surface area contributed by atoms with Crippen LogP contribution in [0.1, 0.15) is 25.0 Å². The van der Waals surface area contributed by atoms with E-state index >= 15 is 0 Å². The standard InChI is InChI=1S/C25H22BrNO4S/c1-15(2)27-24(28)22(32-25(27)29)13-16-11-20(26)23(21(12-16)30-3)31-14-18-9-6-8-17-7-4-5-10-19(17)18/h4-13,15H,14H2,1-3H3/b22-13-. The maximum absolute atomic E-state index is 12.6. The van der Waals surface area contributed by atoms with Gasteiger partial charge in [-0.2, -0.15) is 0 Å². The van der Waals surface area contributed by atoms with E-state index in [1.165, 1.54) is 4.90 Å². The smallest absolute Gasteiger partial charge is 0.293 e. The second-order valence-electron chi connectivity index (χ2n) is 7.61. The average molecular weight is 512 g/mol. The molecule has 0 radical (unpaired) electrons. The zero-order valence-corrected chi connectivity index (χ0v) is 20.3. The molecule has 0 atom stereocenters. The van der Waals surface area contributed by atoms with Gasteiger partial charge in [-0.05, 0) is 81.6 Å². The first-order valence-electron chi connectivity index (χ1n) is 10.1. The van der Waals surface area contributed by atoms with Crippen LogP contribution < -0.4 is 9.47 Å². The second kappa shape index (κ2) is 9.38. The molecule has 7 heteroatoms. The third-order valence-electron chi connectivity index (χ3n) is 5.14. The van der Waals surface area contributed by atoms with Crippen LogP contribution in [0.5, 0.6) is 11.5 Å². The van der Waals surface area contributed by atoms with Crippen LogP contribution in [0.2, 0.25) is 0 Å². The van der Waals surface area contributed by atoms with Crippen molar-refractivity contribution in [1.29, 1.82) is 0 Å². The molecule has 1 fully saturated rings. The summed E-state index contributed by atoms with van der Waals surface area (Å²) >= 11 is 4.52. The minimum Gasteiger partial charge on any atom is -0.493 e. The van der Waals surface area contributed by atoms with Gasteiger partial charge in [-0.1, -0.05) is 42.5 Å². The second-order valence-corrected chi connectivity index (χ2v) is 9.45. The fourth-order valence-corrected chi connectivity index (χ4v) is 5.14. The van der Waals surface area contributed by atoms with E-state index in [0.29, 0.717) is 27.5 Å². The summed E-state index contributed by atoms with van der Waals surface area (Å²) in [6.45, 7) is 4.02. The van der Waals surface area contributed by atoms with E-state index < -0.39 is 0 Å². The van der Waals surface area contributed by atoms with Crippen molar-refractivity contribution in [3.63, 3.8) is 0 Å². The van der Waals surface area contributed by atoms with Crippen molar-refractivity contribution < 1.29 is 19.1 Å². The van der Waals surface area contributed by atoms with Crippen LogP contribution in [-0.4, -0.2) is 29.2 Å². The number of nitrogens with zero attached hydrogens (tertiary/aromatic N) is 1. The Morgan fingerprint density at radius 3 is 2.56 bits per heavy atom. The number of imide groups is 1. The highest BCUT2D eigenvalue weighted by Crippen LogP contribution is 2.40. The quantitative estimate of drug-likeness (QED) is 0.347. The zero-order valence-electron chi connectivity index (χ0n) is 17.9. The van der Waals surface area contributed by atoms with Gasteiger partial charge in [-0.3, -0.25) is 14.5 Å². The Kier molecular flexibility index (Phi) is 6.58. The molecule has 4 rings (SSSR count). The first-order valence-corrected chi connectivity index (χ1v) is 11.7. The molecule has 0 spiro atoms. The number of halogens is 1. The Morgan fingerprint density at radius 1 is 1.09 bits per heavy atom. The van der Waals surface area contributed by atoms with Crippen LogP contribution in [0.3, 0.4) is 0 Å². The lowest BCUT2D eigenvalue weighted by atomic mass is 10.1. The Bertz CT molecular complexity index is 1230. The highest BCUT2D eigenvalue weighted by Gasteiger charge is 2.36. The van der Waals surface area contributed by atoms with Gasteiger partial charge in [-0.25, -0.2) is 0 Å². The molecule has 32 heavy (non-hydrogen) atoms. The monoisotopic (exact) mass is 511 g/mol. The SMILES string of the molecule is COc1cc(/C=C2\SC(=O)N(C(C)C)C2=O)cc(Br)c1OCc1cccc2ccccc12. The van der Waals surface area contributed by atoms with E-state index in [9.17, 15) is 9.59 Å². The average Bonchev–Trinajstić information content (AvgIpc) is 3.05. The number of carbonyl (C=O) groups is 2. The van der Waals surface area contributed by atoms with Crippen LogP contribution in [-0.2, 0) is 11.4 Å². The van der Waals surface area contributed by atoms with Crippen LogP contribution in [0.15, 0.2) is 64.0 Å². The number of rotatable bonds is 6. The summed E-state index contributed by atoms with van der Waals surface area (Å²) in [6.07, 6.45) is 1.70. The number of hydrogen-bond donors (Lipinski definition) is 0. The van der Waals surface area contributed by atoms with Crippen molar-refractivity contribution in [2.75, 3.05) is 7.11 Å². The summed E-state index contributed by atoms with van der Waals surface area (Å²) < 4.78 is 12.4. The van der Waals surface area contributed by atoms with E-state index in [1.807, 2.05) is 44.2 Å². The largest absolute Gasteiger partial charge is 0.493 e. The molecular formula is C25H22BrNO4S. The summed E-state index contributed by atoms with van der Waals surface area (Å²) in [7, 11) is 1.57. The fraction of sp³-hybridized carbons (Fsp3) is 0.200. The molecule has 3 aromatic carbocycles. The van der Waals surface area contributed by atoms with Crippen LogP contribution >= 0.6 is 27.7 Å². The van der Waals surface area contributed by atoms with Crippen molar-refractivity contribution in [2.45, 2.75) is 26.5 Å².